The summed E-state index contributed by atoms with van der Waals surface area (Å²) in [6.07, 6.45) is 2.89. The Kier molecular flexibility index (Phi) is 7.31. The van der Waals surface area contributed by atoms with E-state index >= 15 is 0 Å². The molecule has 1 aromatic carbocycles. The van der Waals surface area contributed by atoms with Crippen LogP contribution in [-0.2, 0) is 9.53 Å². The summed E-state index contributed by atoms with van der Waals surface area (Å²) in [5.41, 5.74) is 0.619. The van der Waals surface area contributed by atoms with Crippen molar-refractivity contribution in [2.75, 3.05) is 20.8 Å². The van der Waals surface area contributed by atoms with Crippen molar-refractivity contribution in [2.24, 2.45) is 0 Å². The van der Waals surface area contributed by atoms with Crippen LogP contribution in [0, 0.1) is 0 Å². The SMILES string of the molecule is COCC(C)NC(=O)/C=C/c1ccc(OC(F)F)c(OC)c1. The third-order valence-electron chi connectivity index (χ3n) is 2.64. The van der Waals surface area contributed by atoms with E-state index in [1.54, 1.807) is 19.3 Å². The van der Waals surface area contributed by atoms with Gasteiger partial charge >= 0.3 is 6.61 Å². The highest BCUT2D eigenvalue weighted by Crippen LogP contribution is 2.29. The van der Waals surface area contributed by atoms with Crippen LogP contribution in [0.4, 0.5) is 8.78 Å². The third kappa shape index (κ3) is 6.09. The molecule has 0 aliphatic rings. The first kappa shape index (κ1) is 17.9. The van der Waals surface area contributed by atoms with Crippen molar-refractivity contribution in [1.82, 2.24) is 5.32 Å². The van der Waals surface area contributed by atoms with Crippen LogP contribution in [0.15, 0.2) is 24.3 Å². The minimum atomic E-state index is -2.93. The van der Waals surface area contributed by atoms with E-state index in [1.165, 1.54) is 25.3 Å². The molecule has 1 amide bonds. The fraction of sp³-hybridized carbons (Fsp3) is 0.400. The molecule has 0 aromatic heterocycles. The minimum absolute atomic E-state index is 0.0622. The molecular weight excluding hydrogens is 296 g/mol. The maximum absolute atomic E-state index is 12.2. The Balaban J connectivity index is 2.73. The van der Waals surface area contributed by atoms with Gasteiger partial charge in [-0.15, -0.1) is 0 Å². The Hall–Kier alpha value is -2.15. The molecule has 1 N–H and O–H groups in total. The maximum atomic E-state index is 12.2. The number of ether oxygens (including phenoxy) is 3. The molecule has 0 fully saturated rings. The fourth-order valence-corrected chi connectivity index (χ4v) is 1.74. The van der Waals surface area contributed by atoms with E-state index in [9.17, 15) is 13.6 Å². The van der Waals surface area contributed by atoms with Gasteiger partial charge in [0.1, 0.15) is 0 Å². The molecule has 0 saturated heterocycles. The van der Waals surface area contributed by atoms with Crippen LogP contribution in [0.2, 0.25) is 0 Å². The predicted octanol–water partition coefficient (Wildman–Crippen LogP) is 2.46. The summed E-state index contributed by atoms with van der Waals surface area (Å²) in [6.45, 7) is -0.703. The van der Waals surface area contributed by atoms with Crippen molar-refractivity contribution in [3.8, 4) is 11.5 Å². The van der Waals surface area contributed by atoms with Gasteiger partial charge < -0.3 is 19.5 Å². The van der Waals surface area contributed by atoms with Crippen molar-refractivity contribution in [1.29, 1.82) is 0 Å². The summed E-state index contributed by atoms with van der Waals surface area (Å²) in [6, 6.07) is 4.29. The lowest BCUT2D eigenvalue weighted by Crippen LogP contribution is -2.34. The second-order valence-electron chi connectivity index (χ2n) is 4.49. The number of methoxy groups -OCH3 is 2. The Labute approximate surface area is 127 Å². The number of halogens is 2. The summed E-state index contributed by atoms with van der Waals surface area (Å²) in [5.74, 6) is -0.181. The summed E-state index contributed by atoms with van der Waals surface area (Å²) in [5, 5.41) is 2.71. The van der Waals surface area contributed by atoms with E-state index in [0.717, 1.165) is 0 Å². The molecule has 0 spiro atoms. The highest BCUT2D eigenvalue weighted by molar-refractivity contribution is 5.92. The van der Waals surface area contributed by atoms with Crippen LogP contribution in [0.3, 0.4) is 0 Å². The second-order valence-corrected chi connectivity index (χ2v) is 4.49. The molecule has 0 bridgehead atoms. The van der Waals surface area contributed by atoms with Crippen molar-refractivity contribution >= 4 is 12.0 Å². The average Bonchev–Trinajstić information content (AvgIpc) is 2.45. The zero-order valence-corrected chi connectivity index (χ0v) is 12.6. The van der Waals surface area contributed by atoms with E-state index < -0.39 is 6.61 Å². The molecule has 1 aromatic rings. The largest absolute Gasteiger partial charge is 0.493 e. The van der Waals surface area contributed by atoms with E-state index in [0.29, 0.717) is 12.2 Å². The zero-order valence-electron chi connectivity index (χ0n) is 12.6. The van der Waals surface area contributed by atoms with Gasteiger partial charge in [-0.05, 0) is 30.7 Å². The number of hydrogen-bond acceptors (Lipinski definition) is 4. The first-order valence-electron chi connectivity index (χ1n) is 6.56. The topological polar surface area (TPSA) is 56.8 Å². The van der Waals surface area contributed by atoms with Gasteiger partial charge in [-0.3, -0.25) is 4.79 Å². The van der Waals surface area contributed by atoms with E-state index in [1.807, 2.05) is 6.92 Å². The van der Waals surface area contributed by atoms with Crippen LogP contribution < -0.4 is 14.8 Å². The Morgan fingerprint density at radius 3 is 2.64 bits per heavy atom. The number of carbonyl (C=O) groups is 1. The summed E-state index contributed by atoms with van der Waals surface area (Å²) in [4.78, 5) is 11.7. The van der Waals surface area contributed by atoms with E-state index in [4.69, 9.17) is 9.47 Å². The van der Waals surface area contributed by atoms with Crippen LogP contribution in [0.25, 0.3) is 6.08 Å². The maximum Gasteiger partial charge on any atom is 0.387 e. The Morgan fingerprint density at radius 2 is 2.05 bits per heavy atom. The number of alkyl halides is 2. The lowest BCUT2D eigenvalue weighted by molar-refractivity contribution is -0.117. The summed E-state index contributed by atoms with van der Waals surface area (Å²) >= 11 is 0. The molecule has 0 aliphatic heterocycles. The fourth-order valence-electron chi connectivity index (χ4n) is 1.74. The molecule has 0 aliphatic carbocycles. The Morgan fingerprint density at radius 1 is 1.32 bits per heavy atom. The number of hydrogen-bond donors (Lipinski definition) is 1. The number of nitrogens with one attached hydrogen (secondary N) is 1. The predicted molar refractivity (Wildman–Crippen MR) is 78.1 cm³/mol. The van der Waals surface area contributed by atoms with Gasteiger partial charge in [0.2, 0.25) is 5.91 Å². The summed E-state index contributed by atoms with van der Waals surface area (Å²) in [7, 11) is 2.90. The van der Waals surface area contributed by atoms with Gasteiger partial charge in [0.05, 0.1) is 13.7 Å². The molecule has 7 heteroatoms. The van der Waals surface area contributed by atoms with Crippen LogP contribution in [0.5, 0.6) is 11.5 Å². The lowest BCUT2D eigenvalue weighted by atomic mass is 10.2. The second kappa shape index (κ2) is 8.99. The molecule has 0 radical (unpaired) electrons. The molecule has 22 heavy (non-hydrogen) atoms. The number of amides is 1. The smallest absolute Gasteiger partial charge is 0.387 e. The molecule has 122 valence electrons. The molecule has 5 nitrogen and oxygen atoms in total. The lowest BCUT2D eigenvalue weighted by Gasteiger charge is -2.11. The number of benzene rings is 1. The normalized spacial score (nSPS) is 12.5. The zero-order chi connectivity index (χ0) is 16.5. The van der Waals surface area contributed by atoms with Crippen molar-refractivity contribution < 1.29 is 27.8 Å². The Bertz CT molecular complexity index is 520. The van der Waals surface area contributed by atoms with Gasteiger partial charge in [-0.2, -0.15) is 8.78 Å². The van der Waals surface area contributed by atoms with Crippen molar-refractivity contribution in [3.05, 3.63) is 29.8 Å². The molecule has 0 saturated carbocycles. The van der Waals surface area contributed by atoms with E-state index in [-0.39, 0.29) is 23.4 Å². The number of rotatable bonds is 8. The monoisotopic (exact) mass is 315 g/mol. The molecular formula is C15H19F2NO4. The minimum Gasteiger partial charge on any atom is -0.493 e. The van der Waals surface area contributed by atoms with Crippen molar-refractivity contribution in [2.45, 2.75) is 19.6 Å². The van der Waals surface area contributed by atoms with Crippen LogP contribution in [-0.4, -0.2) is 39.4 Å². The molecule has 1 unspecified atom stereocenters. The van der Waals surface area contributed by atoms with Crippen LogP contribution in [0.1, 0.15) is 12.5 Å². The van der Waals surface area contributed by atoms with Gasteiger partial charge in [0, 0.05) is 19.2 Å². The van der Waals surface area contributed by atoms with Gasteiger partial charge in [0.15, 0.2) is 11.5 Å². The van der Waals surface area contributed by atoms with Crippen molar-refractivity contribution in [3.63, 3.8) is 0 Å². The highest BCUT2D eigenvalue weighted by Gasteiger charge is 2.10. The highest BCUT2D eigenvalue weighted by atomic mass is 19.3. The molecule has 1 atom stereocenters. The quantitative estimate of drug-likeness (QED) is 0.749. The first-order chi connectivity index (χ1) is 10.5. The number of carbonyl (C=O) groups excluding carboxylic acids is 1. The van der Waals surface area contributed by atoms with Gasteiger partial charge in [-0.1, -0.05) is 6.07 Å². The first-order valence-corrected chi connectivity index (χ1v) is 6.56. The molecule has 1 rings (SSSR count). The van der Waals surface area contributed by atoms with Gasteiger partial charge in [-0.25, -0.2) is 0 Å². The standard InChI is InChI=1S/C15H19F2NO4/c1-10(9-20-2)18-14(19)7-5-11-4-6-12(22-15(16)17)13(8-11)21-3/h4-8,10,15H,9H2,1-3H3,(H,18,19)/b7-5+. The van der Waals surface area contributed by atoms with Gasteiger partial charge in [0.25, 0.3) is 0 Å². The molecule has 0 heterocycles. The third-order valence-corrected chi connectivity index (χ3v) is 2.64. The van der Waals surface area contributed by atoms with E-state index in [2.05, 4.69) is 10.1 Å². The van der Waals surface area contributed by atoms with Crippen LogP contribution >= 0.6 is 0 Å². The average molecular weight is 315 g/mol. The summed E-state index contributed by atoms with van der Waals surface area (Å²) < 4.78 is 38.7.